The van der Waals surface area contributed by atoms with Crippen LogP contribution < -0.4 is 15.0 Å². The zero-order valence-electron chi connectivity index (χ0n) is 14.9. The normalized spacial score (nSPS) is 10.4. The largest absolute Gasteiger partial charge is 0.496 e. The van der Waals surface area contributed by atoms with Crippen LogP contribution in [0.5, 0.6) is 5.75 Å². The smallest absolute Gasteiger partial charge is 0.254 e. The van der Waals surface area contributed by atoms with Crippen LogP contribution in [0.15, 0.2) is 24.4 Å². The van der Waals surface area contributed by atoms with Crippen molar-refractivity contribution in [3.05, 3.63) is 46.8 Å². The highest BCUT2D eigenvalue weighted by Gasteiger charge is 2.12. The molecule has 0 spiro atoms. The summed E-state index contributed by atoms with van der Waals surface area (Å²) in [6.45, 7) is 4.38. The lowest BCUT2D eigenvalue weighted by molar-refractivity contribution is 0.0952. The number of ether oxygens (including phenoxy) is 1. The first-order valence-corrected chi connectivity index (χ1v) is 7.85. The van der Waals surface area contributed by atoms with E-state index in [1.807, 2.05) is 40.1 Å². The molecule has 1 amide bonds. The van der Waals surface area contributed by atoms with Crippen LogP contribution in [0.1, 0.15) is 27.2 Å². The van der Waals surface area contributed by atoms with Crippen molar-refractivity contribution in [3.8, 4) is 5.75 Å². The summed E-state index contributed by atoms with van der Waals surface area (Å²) in [5.41, 5.74) is 3.42. The molecule has 1 aromatic carbocycles. The summed E-state index contributed by atoms with van der Waals surface area (Å²) in [6, 6.07) is 6.04. The molecule has 24 heavy (non-hydrogen) atoms. The number of benzene rings is 1. The third kappa shape index (κ3) is 4.22. The second-order valence-electron chi connectivity index (χ2n) is 5.87. The maximum absolute atomic E-state index is 12.3. The fraction of sp³-hybridized carbons (Fsp3) is 0.389. The molecule has 0 aliphatic heterocycles. The number of anilines is 1. The minimum Gasteiger partial charge on any atom is -0.496 e. The van der Waals surface area contributed by atoms with Crippen LogP contribution in [0.2, 0.25) is 0 Å². The molecule has 1 aromatic heterocycles. The van der Waals surface area contributed by atoms with Gasteiger partial charge in [0.1, 0.15) is 5.75 Å². The van der Waals surface area contributed by atoms with E-state index in [0.29, 0.717) is 23.8 Å². The van der Waals surface area contributed by atoms with E-state index in [1.165, 1.54) is 0 Å². The minimum absolute atomic E-state index is 0.150. The van der Waals surface area contributed by atoms with E-state index in [4.69, 9.17) is 4.74 Å². The second kappa shape index (κ2) is 7.77. The average Bonchev–Trinajstić information content (AvgIpc) is 2.54. The van der Waals surface area contributed by atoms with Crippen molar-refractivity contribution in [2.45, 2.75) is 20.3 Å². The Balaban J connectivity index is 1.95. The summed E-state index contributed by atoms with van der Waals surface area (Å²) >= 11 is 0. The summed E-state index contributed by atoms with van der Waals surface area (Å²) in [7, 11) is 5.39. The number of nitrogens with one attached hydrogen (secondary N) is 1. The van der Waals surface area contributed by atoms with E-state index < -0.39 is 0 Å². The Bertz CT molecular complexity index is 729. The lowest BCUT2D eigenvalue weighted by Crippen LogP contribution is -2.27. The van der Waals surface area contributed by atoms with E-state index in [0.717, 1.165) is 23.3 Å². The van der Waals surface area contributed by atoms with Gasteiger partial charge in [-0.25, -0.2) is 9.97 Å². The number of hydrogen-bond donors (Lipinski definition) is 1. The van der Waals surface area contributed by atoms with Gasteiger partial charge in [0.25, 0.3) is 5.91 Å². The lowest BCUT2D eigenvalue weighted by Gasteiger charge is -2.12. The number of rotatable bonds is 6. The van der Waals surface area contributed by atoms with Gasteiger partial charge in [0, 0.05) is 26.8 Å². The number of methoxy groups -OCH3 is 1. The highest BCUT2D eigenvalue weighted by atomic mass is 16.5. The van der Waals surface area contributed by atoms with Gasteiger partial charge >= 0.3 is 0 Å². The maximum atomic E-state index is 12.3. The predicted molar refractivity (Wildman–Crippen MR) is 94.9 cm³/mol. The van der Waals surface area contributed by atoms with Crippen molar-refractivity contribution < 1.29 is 9.53 Å². The summed E-state index contributed by atoms with van der Waals surface area (Å²) in [4.78, 5) is 22.6. The molecule has 2 rings (SSSR count). The van der Waals surface area contributed by atoms with Crippen LogP contribution in [0.3, 0.4) is 0 Å². The zero-order valence-corrected chi connectivity index (χ0v) is 14.9. The fourth-order valence-electron chi connectivity index (χ4n) is 2.40. The zero-order chi connectivity index (χ0) is 17.7. The number of aromatic nitrogens is 2. The molecule has 0 saturated carbocycles. The molecule has 0 radical (unpaired) electrons. The van der Waals surface area contributed by atoms with Gasteiger partial charge in [0.05, 0.1) is 18.4 Å². The summed E-state index contributed by atoms with van der Waals surface area (Å²) < 4.78 is 5.25. The van der Waals surface area contributed by atoms with Gasteiger partial charge in [-0.05, 0) is 37.5 Å². The van der Waals surface area contributed by atoms with Crippen LogP contribution in [-0.4, -0.2) is 43.6 Å². The number of carbonyl (C=O) groups is 1. The Hall–Kier alpha value is -2.63. The van der Waals surface area contributed by atoms with E-state index in [2.05, 4.69) is 21.4 Å². The minimum atomic E-state index is -0.150. The highest BCUT2D eigenvalue weighted by molar-refractivity contribution is 5.94. The van der Waals surface area contributed by atoms with Crippen LogP contribution in [0, 0.1) is 13.8 Å². The first-order valence-electron chi connectivity index (χ1n) is 7.85. The third-order valence-corrected chi connectivity index (χ3v) is 3.77. The summed E-state index contributed by atoms with van der Waals surface area (Å²) in [5, 5.41) is 2.92. The number of aryl methyl sites for hydroxylation is 2. The van der Waals surface area contributed by atoms with Gasteiger partial charge in [-0.3, -0.25) is 4.79 Å². The van der Waals surface area contributed by atoms with Gasteiger partial charge in [0.2, 0.25) is 5.95 Å². The molecule has 0 bridgehead atoms. The third-order valence-electron chi connectivity index (χ3n) is 3.77. The number of amides is 1. The molecule has 2 aromatic rings. The van der Waals surface area contributed by atoms with Gasteiger partial charge < -0.3 is 15.0 Å². The van der Waals surface area contributed by atoms with Crippen molar-refractivity contribution in [3.63, 3.8) is 0 Å². The molecule has 1 N–H and O–H groups in total. The summed E-state index contributed by atoms with van der Waals surface area (Å²) in [6.07, 6.45) is 2.33. The van der Waals surface area contributed by atoms with Crippen LogP contribution >= 0.6 is 0 Å². The molecule has 128 valence electrons. The van der Waals surface area contributed by atoms with Gasteiger partial charge in [-0.2, -0.15) is 0 Å². The highest BCUT2D eigenvalue weighted by Crippen LogP contribution is 2.18. The van der Waals surface area contributed by atoms with Crippen molar-refractivity contribution in [1.29, 1.82) is 0 Å². The number of hydrogen-bond acceptors (Lipinski definition) is 5. The van der Waals surface area contributed by atoms with E-state index >= 15 is 0 Å². The Morgan fingerprint density at radius 1 is 1.29 bits per heavy atom. The molecule has 0 aliphatic carbocycles. The Morgan fingerprint density at radius 2 is 2.04 bits per heavy atom. The SMILES string of the molecule is COc1ccc(CCNC(=O)c2cnc(N(C)C)nc2C)cc1C. The molecule has 0 unspecified atom stereocenters. The molecule has 0 atom stereocenters. The fourth-order valence-corrected chi connectivity index (χ4v) is 2.40. The first-order chi connectivity index (χ1) is 11.4. The van der Waals surface area contributed by atoms with E-state index in [1.54, 1.807) is 18.2 Å². The lowest BCUT2D eigenvalue weighted by atomic mass is 10.1. The number of carbonyl (C=O) groups excluding carboxylic acids is 1. The van der Waals surface area contributed by atoms with Gasteiger partial charge in [-0.1, -0.05) is 12.1 Å². The maximum Gasteiger partial charge on any atom is 0.254 e. The van der Waals surface area contributed by atoms with E-state index in [-0.39, 0.29) is 5.91 Å². The first kappa shape index (κ1) is 17.7. The second-order valence-corrected chi connectivity index (χ2v) is 5.87. The Kier molecular flexibility index (Phi) is 5.73. The van der Waals surface area contributed by atoms with Crippen LogP contribution in [0.4, 0.5) is 5.95 Å². The molecule has 0 saturated heterocycles. The molecule has 0 fully saturated rings. The molecular formula is C18H24N4O2. The van der Waals surface area contributed by atoms with Crippen molar-refractivity contribution in [1.82, 2.24) is 15.3 Å². The summed E-state index contributed by atoms with van der Waals surface area (Å²) in [5.74, 6) is 1.32. The molecule has 6 heteroatoms. The average molecular weight is 328 g/mol. The van der Waals surface area contributed by atoms with Crippen LogP contribution in [-0.2, 0) is 6.42 Å². The number of nitrogens with zero attached hydrogens (tertiary/aromatic N) is 3. The van der Waals surface area contributed by atoms with Crippen LogP contribution in [0.25, 0.3) is 0 Å². The van der Waals surface area contributed by atoms with Gasteiger partial charge in [0.15, 0.2) is 0 Å². The topological polar surface area (TPSA) is 67.3 Å². The van der Waals surface area contributed by atoms with Crippen molar-refractivity contribution in [2.75, 3.05) is 32.6 Å². The monoisotopic (exact) mass is 328 g/mol. The molecule has 0 aliphatic rings. The molecule has 6 nitrogen and oxygen atoms in total. The molecular weight excluding hydrogens is 304 g/mol. The van der Waals surface area contributed by atoms with Crippen molar-refractivity contribution in [2.24, 2.45) is 0 Å². The molecule has 1 heterocycles. The quantitative estimate of drug-likeness (QED) is 0.880. The standard InChI is InChI=1S/C18H24N4O2/c1-12-10-14(6-7-16(12)24-5)8-9-19-17(23)15-11-20-18(22(3)4)21-13(15)2/h6-7,10-11H,8-9H2,1-5H3,(H,19,23). The Morgan fingerprint density at radius 3 is 2.62 bits per heavy atom. The van der Waals surface area contributed by atoms with Gasteiger partial charge in [-0.15, -0.1) is 0 Å². The van der Waals surface area contributed by atoms with E-state index in [9.17, 15) is 4.79 Å². The predicted octanol–water partition coefficient (Wildman–Crippen LogP) is 2.14. The van der Waals surface area contributed by atoms with Crippen molar-refractivity contribution >= 4 is 11.9 Å². The Labute approximate surface area is 142 Å².